The number of pyridine rings is 1. The summed E-state index contributed by atoms with van der Waals surface area (Å²) in [4.78, 5) is 44.8. The number of rotatable bonds is 12. The van der Waals surface area contributed by atoms with Gasteiger partial charge in [0.15, 0.2) is 5.82 Å². The van der Waals surface area contributed by atoms with E-state index in [9.17, 15) is 14.9 Å². The summed E-state index contributed by atoms with van der Waals surface area (Å²) in [6, 6.07) is 6.98. The summed E-state index contributed by atoms with van der Waals surface area (Å²) in [5, 5.41) is 15.3. The predicted octanol–water partition coefficient (Wildman–Crippen LogP) is 5.22. The largest absolute Gasteiger partial charge is 0.492 e. The molecule has 3 heterocycles. The summed E-state index contributed by atoms with van der Waals surface area (Å²) >= 11 is 0. The number of nitro groups is 1. The molecular weight excluding hydrogens is 564 g/mol. The minimum Gasteiger partial charge on any atom is -0.492 e. The van der Waals surface area contributed by atoms with Gasteiger partial charge in [0.25, 0.3) is 5.69 Å². The SMILES string of the molecule is CCOc1cc(N(C)CCN(C)C)c([N+](=O)[O-])cc1Nc1ncc(C(=O)OC(C)C)c(N2CC(C)(C)c3nc(C)ccc32)n1. The van der Waals surface area contributed by atoms with Crippen LogP contribution in [0.5, 0.6) is 5.75 Å². The van der Waals surface area contributed by atoms with Crippen molar-refractivity contribution >= 4 is 40.5 Å². The van der Waals surface area contributed by atoms with Crippen molar-refractivity contribution in [1.29, 1.82) is 0 Å². The predicted molar refractivity (Wildman–Crippen MR) is 171 cm³/mol. The monoisotopic (exact) mass is 606 g/mol. The first-order valence-electron chi connectivity index (χ1n) is 14.6. The number of aryl methyl sites for hydroxylation is 1. The summed E-state index contributed by atoms with van der Waals surface area (Å²) in [6.07, 6.45) is 1.07. The molecule has 0 saturated carbocycles. The van der Waals surface area contributed by atoms with Gasteiger partial charge >= 0.3 is 5.97 Å². The molecule has 0 radical (unpaired) electrons. The fourth-order valence-electron chi connectivity index (χ4n) is 5.04. The van der Waals surface area contributed by atoms with Gasteiger partial charge in [-0.1, -0.05) is 13.8 Å². The van der Waals surface area contributed by atoms with Gasteiger partial charge in [0, 0.05) is 56.1 Å². The lowest BCUT2D eigenvalue weighted by Gasteiger charge is -2.24. The molecule has 0 spiro atoms. The maximum absolute atomic E-state index is 13.2. The molecule has 1 N–H and O–H groups in total. The second-order valence-corrected chi connectivity index (χ2v) is 12.1. The number of ether oxygens (including phenoxy) is 2. The third-order valence-electron chi connectivity index (χ3n) is 7.20. The Balaban J connectivity index is 1.81. The van der Waals surface area contributed by atoms with Crippen molar-refractivity contribution < 1.29 is 19.2 Å². The fourth-order valence-corrected chi connectivity index (χ4v) is 5.04. The molecule has 0 fully saturated rings. The van der Waals surface area contributed by atoms with Gasteiger partial charge in [0.2, 0.25) is 5.95 Å². The van der Waals surface area contributed by atoms with Gasteiger partial charge < -0.3 is 29.5 Å². The minimum atomic E-state index is -0.552. The molecule has 13 nitrogen and oxygen atoms in total. The summed E-state index contributed by atoms with van der Waals surface area (Å²) in [6.45, 7) is 13.7. The van der Waals surface area contributed by atoms with Crippen LogP contribution in [0.3, 0.4) is 0 Å². The van der Waals surface area contributed by atoms with Gasteiger partial charge in [-0.3, -0.25) is 15.1 Å². The topological polar surface area (TPSA) is 139 Å². The Morgan fingerprint density at radius 3 is 2.55 bits per heavy atom. The Kier molecular flexibility index (Phi) is 9.57. The van der Waals surface area contributed by atoms with Crippen molar-refractivity contribution in [2.24, 2.45) is 0 Å². The van der Waals surface area contributed by atoms with Crippen LogP contribution < -0.4 is 19.9 Å². The molecule has 1 aliphatic rings. The fraction of sp³-hybridized carbons (Fsp3) is 0.484. The molecular formula is C31H42N8O5. The van der Waals surface area contributed by atoms with Crippen LogP contribution in [0.4, 0.5) is 34.5 Å². The minimum absolute atomic E-state index is 0.0915. The maximum atomic E-state index is 13.2. The van der Waals surface area contributed by atoms with Crippen LogP contribution >= 0.6 is 0 Å². The number of aromatic nitrogens is 3. The molecule has 44 heavy (non-hydrogen) atoms. The number of nitrogens with zero attached hydrogens (tertiary/aromatic N) is 7. The molecule has 0 saturated heterocycles. The molecule has 236 valence electrons. The first-order chi connectivity index (χ1) is 20.7. The standard InChI is InChI=1S/C31H42N8O5/c1-10-43-26-16-24(37(9)14-13-36(7)8)25(39(41)42)15-22(26)34-30-32-17-21(29(40)44-19(2)3)28(35-30)38-18-31(5,6)27-23(38)12-11-20(4)33-27/h11-12,15-17,19H,10,13-14,18H2,1-9H3,(H,32,34,35). The maximum Gasteiger partial charge on any atom is 0.343 e. The Labute approximate surface area is 258 Å². The van der Waals surface area contributed by atoms with Crippen molar-refractivity contribution in [3.8, 4) is 5.75 Å². The van der Waals surface area contributed by atoms with Crippen LogP contribution in [-0.4, -0.2) is 84.2 Å². The average Bonchev–Trinajstić information content (AvgIpc) is 3.21. The van der Waals surface area contributed by atoms with E-state index in [1.54, 1.807) is 19.9 Å². The van der Waals surface area contributed by atoms with Crippen LogP contribution in [-0.2, 0) is 10.2 Å². The molecule has 13 heteroatoms. The zero-order chi connectivity index (χ0) is 32.3. The number of carbonyl (C=O) groups excluding carboxylic acids is 1. The van der Waals surface area contributed by atoms with E-state index in [0.717, 1.165) is 17.1 Å². The highest BCUT2D eigenvalue weighted by Gasteiger charge is 2.40. The van der Waals surface area contributed by atoms with E-state index in [1.165, 1.54) is 12.3 Å². The third-order valence-corrected chi connectivity index (χ3v) is 7.20. The van der Waals surface area contributed by atoms with Gasteiger partial charge in [0.1, 0.15) is 17.0 Å². The first-order valence-corrected chi connectivity index (χ1v) is 14.6. The molecule has 1 aromatic carbocycles. The Bertz CT molecular complexity index is 1540. The molecule has 0 amide bonds. The van der Waals surface area contributed by atoms with Gasteiger partial charge in [-0.2, -0.15) is 4.98 Å². The summed E-state index contributed by atoms with van der Waals surface area (Å²) in [5.41, 5.74) is 3.16. The van der Waals surface area contributed by atoms with Gasteiger partial charge in [-0.15, -0.1) is 0 Å². The van der Waals surface area contributed by atoms with Crippen LogP contribution in [0, 0.1) is 17.0 Å². The molecule has 0 unspecified atom stereocenters. The highest BCUT2D eigenvalue weighted by Crippen LogP contribution is 2.44. The number of likely N-dealkylation sites (N-methyl/N-ethyl adjacent to an activating group) is 2. The van der Waals surface area contributed by atoms with Gasteiger partial charge in [-0.05, 0) is 53.9 Å². The number of fused-ring (bicyclic) bond motifs is 1. The summed E-state index contributed by atoms with van der Waals surface area (Å²) < 4.78 is 11.4. The Morgan fingerprint density at radius 1 is 1.18 bits per heavy atom. The third kappa shape index (κ3) is 6.99. The first kappa shape index (κ1) is 32.4. The lowest BCUT2D eigenvalue weighted by Crippen LogP contribution is -2.29. The van der Waals surface area contributed by atoms with Crippen LogP contribution in [0.2, 0.25) is 0 Å². The second kappa shape index (κ2) is 13.0. The van der Waals surface area contributed by atoms with Crippen LogP contribution in [0.25, 0.3) is 0 Å². The highest BCUT2D eigenvalue weighted by atomic mass is 16.6. The highest BCUT2D eigenvalue weighted by molar-refractivity contribution is 5.96. The average molecular weight is 607 g/mol. The van der Waals surface area contributed by atoms with Crippen molar-refractivity contribution in [2.75, 3.05) is 62.5 Å². The number of nitrogens with one attached hydrogen (secondary N) is 1. The second-order valence-electron chi connectivity index (χ2n) is 12.1. The van der Waals surface area contributed by atoms with Crippen molar-refractivity contribution in [3.63, 3.8) is 0 Å². The quantitative estimate of drug-likeness (QED) is 0.164. The van der Waals surface area contributed by atoms with Crippen LogP contribution in [0.1, 0.15) is 56.4 Å². The number of hydrogen-bond acceptors (Lipinski definition) is 12. The lowest BCUT2D eigenvalue weighted by atomic mass is 9.91. The molecule has 3 aromatic rings. The van der Waals surface area contributed by atoms with E-state index in [0.29, 0.717) is 49.2 Å². The molecule has 0 bridgehead atoms. The smallest absolute Gasteiger partial charge is 0.343 e. The Hall–Kier alpha value is -4.52. The zero-order valence-corrected chi connectivity index (χ0v) is 27.0. The number of esters is 1. The van der Waals surface area contributed by atoms with Crippen molar-refractivity contribution in [1.82, 2.24) is 19.9 Å². The molecule has 0 atom stereocenters. The summed E-state index contributed by atoms with van der Waals surface area (Å²) in [7, 11) is 5.70. The van der Waals surface area contributed by atoms with E-state index < -0.39 is 10.9 Å². The molecule has 1 aliphatic heterocycles. The van der Waals surface area contributed by atoms with Crippen molar-refractivity contribution in [3.05, 3.63) is 57.5 Å². The van der Waals surface area contributed by atoms with Gasteiger partial charge in [-0.25, -0.2) is 9.78 Å². The van der Waals surface area contributed by atoms with E-state index in [-0.39, 0.29) is 28.7 Å². The van der Waals surface area contributed by atoms with E-state index >= 15 is 0 Å². The number of carbonyl (C=O) groups is 1. The zero-order valence-electron chi connectivity index (χ0n) is 27.0. The number of benzene rings is 1. The lowest BCUT2D eigenvalue weighted by molar-refractivity contribution is -0.384. The van der Waals surface area contributed by atoms with E-state index in [4.69, 9.17) is 19.4 Å². The Morgan fingerprint density at radius 2 is 1.91 bits per heavy atom. The van der Waals surface area contributed by atoms with E-state index in [2.05, 4.69) is 24.1 Å². The molecule has 2 aromatic heterocycles. The number of anilines is 5. The van der Waals surface area contributed by atoms with Crippen molar-refractivity contribution in [2.45, 2.75) is 53.1 Å². The van der Waals surface area contributed by atoms with E-state index in [1.807, 2.05) is 61.8 Å². The van der Waals surface area contributed by atoms with Gasteiger partial charge in [0.05, 0.1) is 34.7 Å². The number of nitro benzene ring substituents is 1. The van der Waals surface area contributed by atoms with Crippen LogP contribution in [0.15, 0.2) is 30.5 Å². The normalized spacial score (nSPS) is 13.7. The summed E-state index contributed by atoms with van der Waals surface area (Å²) in [5.74, 6) is 0.337. The molecule has 4 rings (SSSR count). The molecule has 0 aliphatic carbocycles. The number of hydrogen-bond donors (Lipinski definition) is 1.